The first-order valence-corrected chi connectivity index (χ1v) is 11.3. The van der Waals surface area contributed by atoms with Gasteiger partial charge in [-0.3, -0.25) is 24.2 Å². The van der Waals surface area contributed by atoms with Gasteiger partial charge in [0.15, 0.2) is 0 Å². The van der Waals surface area contributed by atoms with E-state index in [2.05, 4.69) is 0 Å². The lowest BCUT2D eigenvalue weighted by molar-refractivity contribution is -0.140. The first-order chi connectivity index (χ1) is 16.6. The molecule has 0 atom stereocenters. The molecule has 0 aromatic heterocycles. The number of benzene rings is 2. The van der Waals surface area contributed by atoms with E-state index in [0.29, 0.717) is 16.7 Å². The summed E-state index contributed by atoms with van der Waals surface area (Å²) in [5.74, 6) is -3.05. The molecule has 5 N–H and O–H groups in total. The molecule has 0 fully saturated rings. The Balaban J connectivity index is 2.16. The molecule has 2 rings (SSSR count). The fourth-order valence-electron chi connectivity index (χ4n) is 3.73. The Kier molecular flexibility index (Phi) is 10.5. The molecule has 10 heteroatoms. The third kappa shape index (κ3) is 9.63. The van der Waals surface area contributed by atoms with E-state index in [9.17, 15) is 34.8 Å². The van der Waals surface area contributed by atoms with Gasteiger partial charge >= 0.3 is 17.9 Å². The second kappa shape index (κ2) is 13.3. The van der Waals surface area contributed by atoms with Crippen LogP contribution in [0.5, 0.6) is 11.5 Å². The van der Waals surface area contributed by atoms with E-state index < -0.39 is 17.9 Å². The zero-order chi connectivity index (χ0) is 26.0. The average molecular weight is 489 g/mol. The lowest BCUT2D eigenvalue weighted by atomic mass is 10.0. The Morgan fingerprint density at radius 1 is 0.714 bits per heavy atom. The van der Waals surface area contributed by atoms with Crippen LogP contribution in [0.3, 0.4) is 0 Å². The fourth-order valence-corrected chi connectivity index (χ4v) is 3.73. The number of carboxylic acids is 3. The predicted octanol–water partition coefficient (Wildman–Crippen LogP) is 2.15. The van der Waals surface area contributed by atoms with Crippen LogP contribution in [0.2, 0.25) is 0 Å². The molecule has 0 amide bonds. The van der Waals surface area contributed by atoms with Crippen molar-refractivity contribution < 1.29 is 39.9 Å². The maximum absolute atomic E-state index is 11.4. The molecule has 10 nitrogen and oxygen atoms in total. The highest BCUT2D eigenvalue weighted by molar-refractivity contribution is 5.69. The number of phenolic OH excluding ortho intramolecular Hbond substituents is 2. The smallest absolute Gasteiger partial charge is 0.317 e. The molecule has 0 bridgehead atoms. The lowest BCUT2D eigenvalue weighted by Crippen LogP contribution is -2.39. The molecule has 190 valence electrons. The van der Waals surface area contributed by atoms with Crippen molar-refractivity contribution in [1.29, 1.82) is 0 Å². The van der Waals surface area contributed by atoms with Gasteiger partial charge in [-0.1, -0.05) is 31.2 Å². The van der Waals surface area contributed by atoms with Crippen molar-refractivity contribution in [3.63, 3.8) is 0 Å². The van der Waals surface area contributed by atoms with Crippen LogP contribution in [0.4, 0.5) is 0 Å². The molecule has 0 radical (unpaired) electrons. The Hall–Kier alpha value is -3.63. The highest BCUT2D eigenvalue weighted by Gasteiger charge is 2.18. The maximum Gasteiger partial charge on any atom is 0.317 e. The van der Waals surface area contributed by atoms with E-state index in [-0.39, 0.29) is 63.6 Å². The largest absolute Gasteiger partial charge is 0.508 e. The van der Waals surface area contributed by atoms with Crippen molar-refractivity contribution in [3.8, 4) is 11.5 Å². The van der Waals surface area contributed by atoms with Gasteiger partial charge in [0.1, 0.15) is 11.5 Å². The Labute approximate surface area is 203 Å². The van der Waals surface area contributed by atoms with Crippen LogP contribution in [0.15, 0.2) is 36.4 Å². The Morgan fingerprint density at radius 2 is 1.17 bits per heavy atom. The third-order valence-electron chi connectivity index (χ3n) is 5.56. The van der Waals surface area contributed by atoms with Crippen molar-refractivity contribution in [2.75, 3.05) is 26.2 Å². The fraction of sp³-hybridized carbons (Fsp3) is 0.400. The van der Waals surface area contributed by atoms with Crippen molar-refractivity contribution in [2.45, 2.75) is 39.3 Å². The summed E-state index contributed by atoms with van der Waals surface area (Å²) >= 11 is 0. The van der Waals surface area contributed by atoms with Crippen LogP contribution in [0.25, 0.3) is 0 Å². The molecule has 2 aromatic rings. The minimum absolute atomic E-state index is 0.0387. The van der Waals surface area contributed by atoms with E-state index >= 15 is 0 Å². The monoisotopic (exact) mass is 488 g/mol. The van der Waals surface area contributed by atoms with Crippen molar-refractivity contribution in [3.05, 3.63) is 58.7 Å². The van der Waals surface area contributed by atoms with E-state index in [1.807, 2.05) is 13.0 Å². The number of phenols is 2. The van der Waals surface area contributed by atoms with Gasteiger partial charge < -0.3 is 25.5 Å². The van der Waals surface area contributed by atoms with E-state index in [1.165, 1.54) is 6.07 Å². The quantitative estimate of drug-likeness (QED) is 0.251. The van der Waals surface area contributed by atoms with Gasteiger partial charge in [0.25, 0.3) is 0 Å². The van der Waals surface area contributed by atoms with Crippen LogP contribution in [-0.2, 0) is 40.3 Å². The summed E-state index contributed by atoms with van der Waals surface area (Å²) in [4.78, 5) is 36.9. The second-order valence-electron chi connectivity index (χ2n) is 8.38. The lowest BCUT2D eigenvalue weighted by Gasteiger charge is -2.26. The number of carboxylic acid groups (broad SMARTS) is 3. The first-order valence-electron chi connectivity index (χ1n) is 11.3. The molecule has 0 unspecified atom stereocenters. The number of aryl methyl sites for hydroxylation is 2. The van der Waals surface area contributed by atoms with Crippen molar-refractivity contribution >= 4 is 17.9 Å². The van der Waals surface area contributed by atoms with E-state index in [4.69, 9.17) is 5.11 Å². The molecule has 0 heterocycles. The SMILES string of the molecule is CCc1ccc(O)c(CN(CCN(CC(=O)O)Cc2cc(CCC(=O)O)ccc2O)CC(=O)O)c1. The Bertz CT molecular complexity index is 1040. The predicted molar refractivity (Wildman–Crippen MR) is 127 cm³/mol. The molecular weight excluding hydrogens is 456 g/mol. The van der Waals surface area contributed by atoms with Gasteiger partial charge in [0, 0.05) is 43.7 Å². The van der Waals surface area contributed by atoms with Gasteiger partial charge in [0.05, 0.1) is 13.1 Å². The van der Waals surface area contributed by atoms with Gasteiger partial charge in [-0.15, -0.1) is 0 Å². The number of aromatic hydroxyl groups is 2. The molecule has 0 aliphatic heterocycles. The number of carbonyl (C=O) groups is 3. The van der Waals surface area contributed by atoms with Gasteiger partial charge in [-0.2, -0.15) is 0 Å². The van der Waals surface area contributed by atoms with Gasteiger partial charge in [0.2, 0.25) is 0 Å². The number of hydrogen-bond donors (Lipinski definition) is 5. The van der Waals surface area contributed by atoms with Crippen LogP contribution < -0.4 is 0 Å². The molecule has 0 aliphatic rings. The molecule has 2 aromatic carbocycles. The van der Waals surface area contributed by atoms with Crippen LogP contribution in [-0.4, -0.2) is 79.4 Å². The highest BCUT2D eigenvalue weighted by atomic mass is 16.4. The number of aliphatic carboxylic acids is 3. The van der Waals surface area contributed by atoms with E-state index in [0.717, 1.165) is 12.0 Å². The first kappa shape index (κ1) is 27.6. The molecule has 35 heavy (non-hydrogen) atoms. The summed E-state index contributed by atoms with van der Waals surface area (Å²) in [5.41, 5.74) is 2.74. The molecule has 0 saturated carbocycles. The van der Waals surface area contributed by atoms with E-state index in [1.54, 1.807) is 34.1 Å². The van der Waals surface area contributed by atoms with Crippen LogP contribution in [0.1, 0.15) is 35.6 Å². The zero-order valence-corrected chi connectivity index (χ0v) is 19.7. The summed E-state index contributed by atoms with van der Waals surface area (Å²) < 4.78 is 0. The molecule has 0 aliphatic carbocycles. The molecule has 0 spiro atoms. The highest BCUT2D eigenvalue weighted by Crippen LogP contribution is 2.23. The average Bonchev–Trinajstić information content (AvgIpc) is 2.78. The second-order valence-corrected chi connectivity index (χ2v) is 8.38. The third-order valence-corrected chi connectivity index (χ3v) is 5.56. The minimum Gasteiger partial charge on any atom is -0.508 e. The number of hydrogen-bond acceptors (Lipinski definition) is 7. The summed E-state index contributed by atoms with van der Waals surface area (Å²) in [7, 11) is 0. The van der Waals surface area contributed by atoms with Gasteiger partial charge in [-0.25, -0.2) is 0 Å². The minimum atomic E-state index is -1.08. The summed E-state index contributed by atoms with van der Waals surface area (Å²) in [6, 6.07) is 9.91. The summed E-state index contributed by atoms with van der Waals surface area (Å²) in [6.07, 6.45) is 0.959. The summed E-state index contributed by atoms with van der Waals surface area (Å²) in [6.45, 7) is 1.98. The summed E-state index contributed by atoms with van der Waals surface area (Å²) in [5, 5.41) is 48.1. The molecular formula is C25H32N2O8. The zero-order valence-electron chi connectivity index (χ0n) is 19.7. The number of nitrogens with zero attached hydrogens (tertiary/aromatic N) is 2. The normalized spacial score (nSPS) is 11.2. The topological polar surface area (TPSA) is 159 Å². The maximum atomic E-state index is 11.4. The van der Waals surface area contributed by atoms with Crippen molar-refractivity contribution in [1.82, 2.24) is 9.80 Å². The number of rotatable bonds is 15. The standard InChI is InChI=1S/C25H32N2O8/c1-2-17-3-6-21(28)19(11-17)13-26(15-24(32)33)9-10-27(16-25(34)35)14-20-12-18(4-7-22(20)29)5-8-23(30)31/h3-4,6-7,11-12,28-29H,2,5,8-10,13-16H2,1H3,(H,30,31)(H,32,33)(H,34,35). The van der Waals surface area contributed by atoms with Crippen molar-refractivity contribution in [2.24, 2.45) is 0 Å². The Morgan fingerprint density at radius 3 is 1.60 bits per heavy atom. The van der Waals surface area contributed by atoms with Crippen LogP contribution >= 0.6 is 0 Å². The van der Waals surface area contributed by atoms with Crippen LogP contribution in [0, 0.1) is 0 Å². The molecule has 0 saturated heterocycles. The van der Waals surface area contributed by atoms with Gasteiger partial charge in [-0.05, 0) is 36.1 Å².